The highest BCUT2D eigenvalue weighted by atomic mass is 79.9. The van der Waals surface area contributed by atoms with Gasteiger partial charge in [0.25, 0.3) is 0 Å². The Morgan fingerprint density at radius 1 is 1.73 bits per heavy atom. The summed E-state index contributed by atoms with van der Waals surface area (Å²) >= 11 is 3.12. The third-order valence-electron chi connectivity index (χ3n) is 1.24. The molecule has 0 aliphatic carbocycles. The third kappa shape index (κ3) is 1.55. The van der Waals surface area contributed by atoms with Crippen molar-refractivity contribution in [3.05, 3.63) is 28.0 Å². The van der Waals surface area contributed by atoms with E-state index >= 15 is 0 Å². The summed E-state index contributed by atoms with van der Waals surface area (Å²) in [6, 6.07) is 3.41. The van der Waals surface area contributed by atoms with E-state index < -0.39 is 6.67 Å². The Kier molecular flexibility index (Phi) is 2.55. The van der Waals surface area contributed by atoms with Gasteiger partial charge in [-0.25, -0.2) is 9.37 Å². The highest BCUT2D eigenvalue weighted by Gasteiger charge is 2.05. The quantitative estimate of drug-likeness (QED) is 0.719. The number of hydrogen-bond acceptors (Lipinski definition) is 2. The molecule has 0 saturated carbocycles. The van der Waals surface area contributed by atoms with Crippen LogP contribution in [0.15, 0.2) is 16.7 Å². The lowest BCUT2D eigenvalue weighted by Gasteiger charge is -1.98. The van der Waals surface area contributed by atoms with Crippen LogP contribution in [0.2, 0.25) is 0 Å². The number of alkyl halides is 1. The minimum atomic E-state index is -0.669. The molecule has 1 heterocycles. The number of hydrogen-bond donors (Lipinski definition) is 0. The van der Waals surface area contributed by atoms with Crippen LogP contribution >= 0.6 is 15.9 Å². The molecule has 0 aliphatic heterocycles. The summed E-state index contributed by atoms with van der Waals surface area (Å²) in [5.74, 6) is 0. The molecule has 0 atom stereocenters. The van der Waals surface area contributed by atoms with Crippen LogP contribution in [0.5, 0.6) is 0 Å². The van der Waals surface area contributed by atoms with E-state index in [2.05, 4.69) is 20.9 Å². The molecule has 0 spiro atoms. The largest absolute Gasteiger partial charge is 0.246 e. The van der Waals surface area contributed by atoms with Crippen LogP contribution < -0.4 is 0 Å². The van der Waals surface area contributed by atoms with Gasteiger partial charge in [-0.3, -0.25) is 0 Å². The van der Waals surface area contributed by atoms with Crippen LogP contribution in [0.4, 0.5) is 4.39 Å². The van der Waals surface area contributed by atoms with Gasteiger partial charge in [-0.1, -0.05) is 15.9 Å². The molecule has 1 rings (SSSR count). The number of aromatic nitrogens is 1. The Balaban J connectivity index is 3.27. The van der Waals surface area contributed by atoms with Crippen molar-refractivity contribution in [2.45, 2.75) is 6.67 Å². The number of nitriles is 1. The standard InChI is InChI=1S/C7H4BrFN2/c8-6-1-2-11-7(4-10)5(6)3-9/h1-2H,3H2. The van der Waals surface area contributed by atoms with Crippen molar-refractivity contribution in [2.75, 3.05) is 0 Å². The van der Waals surface area contributed by atoms with Crippen molar-refractivity contribution in [1.29, 1.82) is 5.26 Å². The smallest absolute Gasteiger partial charge is 0.147 e. The fourth-order valence-electron chi connectivity index (χ4n) is 0.692. The maximum atomic E-state index is 12.2. The molecule has 0 radical (unpaired) electrons. The molecule has 2 nitrogen and oxygen atoms in total. The Morgan fingerprint density at radius 3 is 2.91 bits per heavy atom. The Labute approximate surface area is 71.8 Å². The third-order valence-corrected chi connectivity index (χ3v) is 1.98. The van der Waals surface area contributed by atoms with Crippen molar-refractivity contribution < 1.29 is 4.39 Å². The number of pyridine rings is 1. The molecule has 0 bridgehead atoms. The van der Waals surface area contributed by atoms with E-state index in [0.717, 1.165) is 0 Å². The van der Waals surface area contributed by atoms with Gasteiger partial charge in [-0.15, -0.1) is 0 Å². The second kappa shape index (κ2) is 3.44. The summed E-state index contributed by atoms with van der Waals surface area (Å²) in [7, 11) is 0. The second-order valence-corrected chi connectivity index (χ2v) is 2.72. The first-order valence-electron chi connectivity index (χ1n) is 2.89. The van der Waals surface area contributed by atoms with E-state index in [0.29, 0.717) is 10.0 Å². The zero-order valence-corrected chi connectivity index (χ0v) is 7.10. The van der Waals surface area contributed by atoms with Crippen LogP contribution in [0.3, 0.4) is 0 Å². The van der Waals surface area contributed by atoms with E-state index in [1.807, 2.05) is 0 Å². The summed E-state index contributed by atoms with van der Waals surface area (Å²) in [5.41, 5.74) is 0.455. The zero-order valence-electron chi connectivity index (χ0n) is 5.51. The molecule has 56 valence electrons. The van der Waals surface area contributed by atoms with E-state index in [-0.39, 0.29) is 5.69 Å². The lowest BCUT2D eigenvalue weighted by molar-refractivity contribution is 0.482. The van der Waals surface area contributed by atoms with E-state index in [1.165, 1.54) is 6.20 Å². The van der Waals surface area contributed by atoms with Crippen molar-refractivity contribution in [3.63, 3.8) is 0 Å². The van der Waals surface area contributed by atoms with Gasteiger partial charge >= 0.3 is 0 Å². The van der Waals surface area contributed by atoms with Crippen LogP contribution in [0.25, 0.3) is 0 Å². The fraction of sp³-hybridized carbons (Fsp3) is 0.143. The minimum Gasteiger partial charge on any atom is -0.246 e. The Hall–Kier alpha value is -0.950. The van der Waals surface area contributed by atoms with Crippen LogP contribution in [-0.2, 0) is 6.67 Å². The van der Waals surface area contributed by atoms with E-state index in [1.54, 1.807) is 12.1 Å². The number of rotatable bonds is 1. The first kappa shape index (κ1) is 8.15. The second-order valence-electron chi connectivity index (χ2n) is 1.87. The predicted octanol–water partition coefficient (Wildman–Crippen LogP) is 2.19. The first-order valence-corrected chi connectivity index (χ1v) is 3.68. The molecule has 0 amide bonds. The average Bonchev–Trinajstić information content (AvgIpc) is 2.04. The molecule has 0 fully saturated rings. The lowest BCUT2D eigenvalue weighted by atomic mass is 10.2. The van der Waals surface area contributed by atoms with Crippen molar-refractivity contribution in [2.24, 2.45) is 0 Å². The molecular formula is C7H4BrFN2. The maximum absolute atomic E-state index is 12.2. The predicted molar refractivity (Wildman–Crippen MR) is 41.5 cm³/mol. The van der Waals surface area contributed by atoms with Gasteiger partial charge in [0.05, 0.1) is 0 Å². The highest BCUT2D eigenvalue weighted by Crippen LogP contribution is 2.18. The van der Waals surface area contributed by atoms with E-state index in [9.17, 15) is 4.39 Å². The molecule has 0 aliphatic rings. The molecule has 0 aromatic carbocycles. The number of nitrogens with zero attached hydrogens (tertiary/aromatic N) is 2. The van der Waals surface area contributed by atoms with E-state index in [4.69, 9.17) is 5.26 Å². The Morgan fingerprint density at radius 2 is 2.45 bits per heavy atom. The van der Waals surface area contributed by atoms with Crippen LogP contribution in [-0.4, -0.2) is 4.98 Å². The van der Waals surface area contributed by atoms with Gasteiger partial charge in [-0.2, -0.15) is 5.26 Å². The van der Waals surface area contributed by atoms with Crippen molar-refractivity contribution >= 4 is 15.9 Å². The van der Waals surface area contributed by atoms with Gasteiger partial charge in [0.15, 0.2) is 0 Å². The minimum absolute atomic E-state index is 0.141. The van der Waals surface area contributed by atoms with Crippen LogP contribution in [0, 0.1) is 11.3 Å². The first-order chi connectivity index (χ1) is 5.29. The summed E-state index contributed by atoms with van der Waals surface area (Å²) < 4.78 is 12.8. The molecular weight excluding hydrogens is 211 g/mol. The Bertz CT molecular complexity index is 306. The highest BCUT2D eigenvalue weighted by molar-refractivity contribution is 9.10. The molecule has 1 aromatic heterocycles. The molecule has 11 heavy (non-hydrogen) atoms. The molecule has 1 aromatic rings. The van der Waals surface area contributed by atoms with Gasteiger partial charge in [0.1, 0.15) is 18.4 Å². The van der Waals surface area contributed by atoms with Crippen molar-refractivity contribution in [1.82, 2.24) is 4.98 Å². The van der Waals surface area contributed by atoms with Crippen LogP contribution in [0.1, 0.15) is 11.3 Å². The molecule has 4 heteroatoms. The monoisotopic (exact) mass is 214 g/mol. The normalized spacial score (nSPS) is 9.18. The summed E-state index contributed by atoms with van der Waals surface area (Å²) in [5, 5.41) is 8.47. The van der Waals surface area contributed by atoms with Gasteiger partial charge in [0, 0.05) is 16.2 Å². The summed E-state index contributed by atoms with van der Waals surface area (Å²) in [6.07, 6.45) is 1.46. The topological polar surface area (TPSA) is 36.7 Å². The maximum Gasteiger partial charge on any atom is 0.147 e. The molecule has 0 unspecified atom stereocenters. The molecule has 0 N–H and O–H groups in total. The van der Waals surface area contributed by atoms with Gasteiger partial charge in [-0.05, 0) is 6.07 Å². The zero-order chi connectivity index (χ0) is 8.27. The average molecular weight is 215 g/mol. The van der Waals surface area contributed by atoms with Crippen molar-refractivity contribution in [3.8, 4) is 6.07 Å². The fourth-order valence-corrected chi connectivity index (χ4v) is 1.10. The van der Waals surface area contributed by atoms with Gasteiger partial charge in [0.2, 0.25) is 0 Å². The van der Waals surface area contributed by atoms with Gasteiger partial charge < -0.3 is 0 Å². The summed E-state index contributed by atoms with van der Waals surface area (Å²) in [6.45, 7) is -0.669. The lowest BCUT2D eigenvalue weighted by Crippen LogP contribution is -1.91. The SMILES string of the molecule is N#Cc1nccc(Br)c1CF. The number of halogens is 2. The summed E-state index contributed by atoms with van der Waals surface area (Å²) in [4.78, 5) is 3.70. The molecule has 0 saturated heterocycles.